The fraction of sp³-hybridized carbons (Fsp3) is 0.611. The molecule has 2 N–H and O–H groups in total. The van der Waals surface area contributed by atoms with E-state index in [1.807, 2.05) is 18.1 Å². The van der Waals surface area contributed by atoms with Crippen molar-refractivity contribution < 1.29 is 9.68 Å². The first-order chi connectivity index (χ1) is 12.1. The maximum atomic E-state index is 10.4. The minimum Gasteiger partial charge on any atom is -0.423 e. The summed E-state index contributed by atoms with van der Waals surface area (Å²) in [6.07, 6.45) is 9.47. The van der Waals surface area contributed by atoms with Crippen molar-refractivity contribution in [3.63, 3.8) is 0 Å². The predicted octanol–water partition coefficient (Wildman–Crippen LogP) is 2.41. The van der Waals surface area contributed by atoms with Crippen molar-refractivity contribution >= 4 is 35.6 Å². The van der Waals surface area contributed by atoms with Crippen molar-refractivity contribution in [3.8, 4) is 0 Å². The maximum Gasteiger partial charge on any atom is 0.493 e. The van der Waals surface area contributed by atoms with Gasteiger partial charge < -0.3 is 14.7 Å². The molecular weight excluding hydrogens is 333 g/mol. The van der Waals surface area contributed by atoms with E-state index in [0.29, 0.717) is 5.41 Å². The van der Waals surface area contributed by atoms with Crippen LogP contribution in [0, 0.1) is 5.41 Å². The number of nitrogens with one attached hydrogen (secondary N) is 1. The van der Waals surface area contributed by atoms with Crippen LogP contribution >= 0.6 is 11.9 Å². The predicted molar refractivity (Wildman–Crippen MR) is 102 cm³/mol. The van der Waals surface area contributed by atoms with Gasteiger partial charge in [0.05, 0.1) is 5.60 Å². The zero-order valence-corrected chi connectivity index (χ0v) is 15.4. The summed E-state index contributed by atoms with van der Waals surface area (Å²) in [5, 5.41) is 11.5. The Bertz CT molecular complexity index is 795. The van der Waals surface area contributed by atoms with Crippen molar-refractivity contribution in [2.45, 2.75) is 44.6 Å². The number of hydrogen-bond acceptors (Lipinski definition) is 5. The molecule has 0 amide bonds. The molecule has 0 bridgehead atoms. The van der Waals surface area contributed by atoms with Crippen LogP contribution in [0.4, 0.5) is 0 Å². The van der Waals surface area contributed by atoms with Gasteiger partial charge >= 0.3 is 7.12 Å². The van der Waals surface area contributed by atoms with Gasteiger partial charge in [0.1, 0.15) is 5.65 Å². The Morgan fingerprint density at radius 2 is 2.20 bits per heavy atom. The highest BCUT2D eigenvalue weighted by Crippen LogP contribution is 2.63. The van der Waals surface area contributed by atoms with E-state index >= 15 is 0 Å². The third kappa shape index (κ3) is 2.40. The van der Waals surface area contributed by atoms with Crippen molar-refractivity contribution in [1.29, 1.82) is 0 Å². The van der Waals surface area contributed by atoms with Gasteiger partial charge in [0.2, 0.25) is 0 Å². The van der Waals surface area contributed by atoms with E-state index in [0.717, 1.165) is 29.3 Å². The molecule has 25 heavy (non-hydrogen) atoms. The highest BCUT2D eigenvalue weighted by Gasteiger charge is 2.62. The topological polar surface area (TPSA) is 61.4 Å². The molecule has 2 fully saturated rings. The largest absolute Gasteiger partial charge is 0.493 e. The number of nitrogens with zero attached hydrogens (tertiary/aromatic N) is 2. The van der Waals surface area contributed by atoms with Crippen LogP contribution in [0.2, 0.25) is 0 Å². The Hall–Kier alpha value is -1.02. The van der Waals surface area contributed by atoms with E-state index in [1.165, 1.54) is 43.7 Å². The van der Waals surface area contributed by atoms with E-state index in [1.54, 1.807) is 6.20 Å². The summed E-state index contributed by atoms with van der Waals surface area (Å²) in [5.74, 6) is 1.22. The van der Waals surface area contributed by atoms with Crippen LogP contribution in [0.3, 0.4) is 0 Å². The highest BCUT2D eigenvalue weighted by atomic mass is 32.2. The summed E-state index contributed by atoms with van der Waals surface area (Å²) in [4.78, 5) is 7.61. The van der Waals surface area contributed by atoms with Crippen LogP contribution in [0.15, 0.2) is 18.5 Å². The summed E-state index contributed by atoms with van der Waals surface area (Å²) in [5.41, 5.74) is 3.01. The lowest BCUT2D eigenvalue weighted by Crippen LogP contribution is -2.54. The summed E-state index contributed by atoms with van der Waals surface area (Å²) in [6.45, 7) is 4.59. The summed E-state index contributed by atoms with van der Waals surface area (Å²) < 4.78 is 8.67. The van der Waals surface area contributed by atoms with Gasteiger partial charge in [-0.1, -0.05) is 18.9 Å². The van der Waals surface area contributed by atoms with Crippen molar-refractivity contribution in [3.05, 3.63) is 24.0 Å². The first-order valence-electron chi connectivity index (χ1n) is 9.35. The van der Waals surface area contributed by atoms with Gasteiger partial charge in [-0.3, -0.25) is 4.31 Å². The van der Waals surface area contributed by atoms with Crippen LogP contribution in [-0.2, 0) is 10.3 Å². The smallest absolute Gasteiger partial charge is 0.423 e. The third-order valence-corrected chi connectivity index (χ3v) is 7.58. The second-order valence-electron chi connectivity index (χ2n) is 7.91. The summed E-state index contributed by atoms with van der Waals surface area (Å²) >= 11 is 2.00. The zero-order chi connectivity index (χ0) is 17.1. The number of fused-ring (bicyclic) bond motifs is 4. The molecule has 4 heterocycles. The third-order valence-electron chi connectivity index (χ3n) is 6.26. The number of piperidine rings is 1. The molecule has 1 saturated heterocycles. The molecule has 2 aromatic rings. The van der Waals surface area contributed by atoms with Gasteiger partial charge in [-0.2, -0.15) is 0 Å². The first kappa shape index (κ1) is 16.2. The molecule has 3 aliphatic rings. The molecule has 132 valence electrons. The number of aromatic amines is 1. The number of rotatable bonds is 3. The zero-order valence-electron chi connectivity index (χ0n) is 14.6. The quantitative estimate of drug-likeness (QED) is 0.653. The fourth-order valence-electron chi connectivity index (χ4n) is 5.14. The van der Waals surface area contributed by atoms with Crippen LogP contribution in [0.25, 0.3) is 11.0 Å². The number of aromatic nitrogens is 2. The molecule has 2 spiro atoms. The van der Waals surface area contributed by atoms with Crippen LogP contribution in [-0.4, -0.2) is 45.3 Å². The molecule has 0 aromatic carbocycles. The lowest BCUT2D eigenvalue weighted by Gasteiger charge is -2.58. The van der Waals surface area contributed by atoms with E-state index in [2.05, 4.69) is 27.3 Å². The Balaban J connectivity index is 1.38. The Morgan fingerprint density at radius 3 is 2.96 bits per heavy atom. The van der Waals surface area contributed by atoms with Crippen LogP contribution in [0.5, 0.6) is 0 Å². The van der Waals surface area contributed by atoms with Crippen molar-refractivity contribution in [2.75, 3.05) is 18.8 Å². The number of H-pyrrole nitrogens is 1. The fourth-order valence-corrected chi connectivity index (χ4v) is 6.02. The molecule has 0 radical (unpaired) electrons. The first-order valence-corrected chi connectivity index (χ1v) is 10.3. The van der Waals surface area contributed by atoms with E-state index in [4.69, 9.17) is 4.65 Å². The second kappa shape index (κ2) is 5.74. The Kier molecular flexibility index (Phi) is 3.72. The minimum absolute atomic E-state index is 0.309. The second-order valence-corrected chi connectivity index (χ2v) is 9.09. The van der Waals surface area contributed by atoms with Crippen LogP contribution < -0.4 is 5.46 Å². The molecule has 1 aliphatic carbocycles. The lowest BCUT2D eigenvalue weighted by molar-refractivity contribution is -0.133. The van der Waals surface area contributed by atoms with E-state index < -0.39 is 7.12 Å². The van der Waals surface area contributed by atoms with Crippen molar-refractivity contribution in [1.82, 2.24) is 14.3 Å². The molecule has 5 nitrogen and oxygen atoms in total. The average molecular weight is 357 g/mol. The lowest BCUT2D eigenvalue weighted by atomic mass is 9.53. The van der Waals surface area contributed by atoms with E-state index in [9.17, 15) is 5.02 Å². The van der Waals surface area contributed by atoms with Crippen molar-refractivity contribution in [2.24, 2.45) is 5.41 Å². The van der Waals surface area contributed by atoms with Crippen LogP contribution in [0.1, 0.15) is 44.6 Å². The molecule has 7 heteroatoms. The molecule has 2 aliphatic heterocycles. The molecule has 5 rings (SSSR count). The molecule has 0 atom stereocenters. The van der Waals surface area contributed by atoms with Gasteiger partial charge in [-0.15, -0.1) is 0 Å². The molecular formula is C18H24BN3O2S. The maximum absolute atomic E-state index is 10.4. The monoisotopic (exact) mass is 357 g/mol. The highest BCUT2D eigenvalue weighted by molar-refractivity contribution is 7.97. The Labute approximate surface area is 152 Å². The molecule has 1 saturated carbocycles. The van der Waals surface area contributed by atoms with Gasteiger partial charge in [-0.05, 0) is 49.1 Å². The average Bonchev–Trinajstić information content (AvgIpc) is 3.17. The number of pyridine rings is 1. The Morgan fingerprint density at radius 1 is 1.40 bits per heavy atom. The van der Waals surface area contributed by atoms with Gasteiger partial charge in [0.25, 0.3) is 0 Å². The van der Waals surface area contributed by atoms with Gasteiger partial charge in [0, 0.05) is 42.1 Å². The minimum atomic E-state index is -0.834. The SMILES string of the molecule is CCCSN1CCC2(CC1)CC1(C2)OB(O)c2cnc3[nH]ccc3c21. The molecule has 2 aromatic heterocycles. The normalized spacial score (nSPS) is 24.2. The summed E-state index contributed by atoms with van der Waals surface area (Å²) in [6, 6.07) is 2.07. The standard InChI is InChI=1S/C18H24BN3O2S/c1-2-9-25-22-7-4-17(5-8-22)11-18(12-17)15-13-3-6-20-16(13)21-10-14(15)19(23)24-18/h3,6,10,23H,2,4-5,7-9,11-12H2,1H3,(H,20,21). The van der Waals surface area contributed by atoms with Gasteiger partial charge in [-0.25, -0.2) is 4.98 Å². The van der Waals surface area contributed by atoms with E-state index in [-0.39, 0.29) is 5.60 Å². The summed E-state index contributed by atoms with van der Waals surface area (Å²) in [7, 11) is -0.834. The van der Waals surface area contributed by atoms with Gasteiger partial charge in [0.15, 0.2) is 0 Å². The number of hydrogen-bond donors (Lipinski definition) is 2. The molecule has 0 unspecified atom stereocenters.